The zero-order valence-electron chi connectivity index (χ0n) is 17.4. The molecule has 0 unspecified atom stereocenters. The van der Waals surface area contributed by atoms with Crippen LogP contribution in [-0.2, 0) is 6.42 Å². The number of carbonyl (C=O) groups excluding carboxylic acids is 1. The third kappa shape index (κ3) is 3.33. The Labute approximate surface area is 189 Å². The second-order valence-electron chi connectivity index (χ2n) is 7.95. The van der Waals surface area contributed by atoms with Gasteiger partial charge in [0.25, 0.3) is 5.22 Å². The predicted octanol–water partition coefficient (Wildman–Crippen LogP) is 6.31. The molecule has 0 spiro atoms. The molecule has 2 aromatic heterocycles. The van der Waals surface area contributed by atoms with Crippen molar-refractivity contribution in [2.45, 2.75) is 18.6 Å². The summed E-state index contributed by atoms with van der Waals surface area (Å²) in [6.07, 6.45) is 0.959. The number of aryl methyl sites for hydroxylation is 1. The molecule has 0 fully saturated rings. The van der Waals surface area contributed by atoms with E-state index in [2.05, 4.69) is 41.1 Å². The van der Waals surface area contributed by atoms with E-state index in [-0.39, 0.29) is 5.12 Å². The molecule has 0 atom stereocenters. The molecule has 1 aliphatic heterocycles. The zero-order chi connectivity index (χ0) is 21.7. The third-order valence-electron chi connectivity index (χ3n) is 5.76. The maximum Gasteiger partial charge on any atom is 0.264 e. The summed E-state index contributed by atoms with van der Waals surface area (Å²) < 4.78 is 5.66. The first-order valence-corrected chi connectivity index (χ1v) is 11.3. The number of thioether (sulfide) groups is 1. The summed E-state index contributed by atoms with van der Waals surface area (Å²) in [6.45, 7) is 2.96. The van der Waals surface area contributed by atoms with Gasteiger partial charge in [0.2, 0.25) is 5.12 Å². The number of carbonyl (C=O) groups is 1. The number of benzene rings is 3. The van der Waals surface area contributed by atoms with Crippen molar-refractivity contribution in [1.29, 1.82) is 0 Å². The first-order chi connectivity index (χ1) is 15.6. The molecule has 3 aromatic carbocycles. The Morgan fingerprint density at radius 3 is 2.66 bits per heavy atom. The molecule has 156 valence electrons. The minimum absolute atomic E-state index is 0.0930. The molecule has 0 bridgehead atoms. The van der Waals surface area contributed by atoms with Gasteiger partial charge >= 0.3 is 0 Å². The van der Waals surface area contributed by atoms with Crippen LogP contribution in [0.2, 0.25) is 0 Å². The van der Waals surface area contributed by atoms with E-state index >= 15 is 0 Å². The van der Waals surface area contributed by atoms with Crippen molar-refractivity contribution in [3.8, 4) is 0 Å². The summed E-state index contributed by atoms with van der Waals surface area (Å²) >= 11 is 1.01. The number of nitrogens with zero attached hydrogens (tertiary/aromatic N) is 3. The third-order valence-corrected chi connectivity index (χ3v) is 6.53. The first kappa shape index (κ1) is 19.1. The van der Waals surface area contributed by atoms with Crippen LogP contribution >= 0.6 is 11.8 Å². The minimum Gasteiger partial charge on any atom is -0.431 e. The Kier molecular flexibility index (Phi) is 4.47. The summed E-state index contributed by atoms with van der Waals surface area (Å²) in [5.41, 5.74) is 6.55. The highest BCUT2D eigenvalue weighted by Gasteiger charge is 2.23. The summed E-state index contributed by atoms with van der Waals surface area (Å²) in [5, 5.41) is 1.44. The number of anilines is 2. The van der Waals surface area contributed by atoms with Gasteiger partial charge in [-0.05, 0) is 73.0 Å². The molecule has 5 aromatic rings. The van der Waals surface area contributed by atoms with E-state index in [4.69, 9.17) is 9.40 Å². The van der Waals surface area contributed by atoms with Crippen molar-refractivity contribution in [2.75, 3.05) is 11.4 Å². The van der Waals surface area contributed by atoms with Gasteiger partial charge in [0.05, 0.1) is 5.52 Å². The molecule has 0 radical (unpaired) electrons. The molecular formula is C26H19N3O2S. The van der Waals surface area contributed by atoms with Gasteiger partial charge in [-0.25, -0.2) is 9.97 Å². The molecular weight excluding hydrogens is 418 g/mol. The van der Waals surface area contributed by atoms with E-state index in [1.165, 1.54) is 16.5 Å². The van der Waals surface area contributed by atoms with Gasteiger partial charge < -0.3 is 9.32 Å². The molecule has 6 rings (SSSR count). The van der Waals surface area contributed by atoms with Crippen LogP contribution in [0.25, 0.3) is 22.0 Å². The highest BCUT2D eigenvalue weighted by molar-refractivity contribution is 8.14. The smallest absolute Gasteiger partial charge is 0.264 e. The van der Waals surface area contributed by atoms with Gasteiger partial charge in [0.1, 0.15) is 11.3 Å². The van der Waals surface area contributed by atoms with E-state index in [0.717, 1.165) is 47.3 Å². The predicted molar refractivity (Wildman–Crippen MR) is 128 cm³/mol. The summed E-state index contributed by atoms with van der Waals surface area (Å²) in [5.74, 6) is 1.00. The number of fused-ring (bicyclic) bond motifs is 3. The fourth-order valence-corrected chi connectivity index (χ4v) is 4.82. The number of rotatable bonds is 3. The largest absolute Gasteiger partial charge is 0.431 e. The Balaban J connectivity index is 1.25. The van der Waals surface area contributed by atoms with Crippen molar-refractivity contribution < 1.29 is 9.21 Å². The topological polar surface area (TPSA) is 59.2 Å². The fourth-order valence-electron chi connectivity index (χ4n) is 4.13. The fraction of sp³-hybridized carbons (Fsp3) is 0.115. The normalized spacial score (nSPS) is 13.1. The van der Waals surface area contributed by atoms with E-state index in [9.17, 15) is 4.79 Å². The van der Waals surface area contributed by atoms with Crippen molar-refractivity contribution in [3.63, 3.8) is 0 Å². The standard InChI is InChI=1S/C26H19N3O2S/c1-16-6-7-18-15-19-12-13-29(24(19)27-22(18)14-16)20-10-8-17(9-11-20)25(30)32-26-28-21-4-2-3-5-23(21)31-26/h2-11,14-15H,12-13H2,1H3. The van der Waals surface area contributed by atoms with Gasteiger partial charge in [-0.3, -0.25) is 4.79 Å². The van der Waals surface area contributed by atoms with Crippen molar-refractivity contribution in [1.82, 2.24) is 9.97 Å². The molecule has 32 heavy (non-hydrogen) atoms. The van der Waals surface area contributed by atoms with Gasteiger partial charge in [0.15, 0.2) is 5.58 Å². The second-order valence-corrected chi connectivity index (χ2v) is 8.88. The number of aromatic nitrogens is 2. The van der Waals surface area contributed by atoms with Crippen molar-refractivity contribution >= 4 is 50.4 Å². The van der Waals surface area contributed by atoms with Gasteiger partial charge in [-0.2, -0.15) is 0 Å². The molecule has 0 amide bonds. The molecule has 1 aliphatic rings. The van der Waals surface area contributed by atoms with Crippen molar-refractivity contribution in [2.24, 2.45) is 0 Å². The van der Waals surface area contributed by atoms with Gasteiger partial charge in [0, 0.05) is 34.9 Å². The summed E-state index contributed by atoms with van der Waals surface area (Å²) in [7, 11) is 0. The van der Waals surface area contributed by atoms with Gasteiger partial charge in [-0.15, -0.1) is 0 Å². The van der Waals surface area contributed by atoms with E-state index in [0.29, 0.717) is 16.4 Å². The Hall–Kier alpha value is -3.64. The zero-order valence-corrected chi connectivity index (χ0v) is 18.2. The van der Waals surface area contributed by atoms with Crippen LogP contribution in [0.5, 0.6) is 0 Å². The number of hydrogen-bond donors (Lipinski definition) is 0. The summed E-state index contributed by atoms with van der Waals surface area (Å²) in [4.78, 5) is 24.3. The summed E-state index contributed by atoms with van der Waals surface area (Å²) in [6, 6.07) is 23.8. The number of oxazole rings is 1. The molecule has 3 heterocycles. The lowest BCUT2D eigenvalue weighted by molar-refractivity contribution is 0.108. The van der Waals surface area contributed by atoms with E-state index in [1.54, 1.807) is 0 Å². The molecule has 5 nitrogen and oxygen atoms in total. The lowest BCUT2D eigenvalue weighted by Gasteiger charge is -2.19. The molecule has 0 N–H and O–H groups in total. The number of pyridine rings is 1. The highest BCUT2D eigenvalue weighted by atomic mass is 32.2. The monoisotopic (exact) mass is 437 g/mol. The van der Waals surface area contributed by atoms with Crippen LogP contribution in [0, 0.1) is 6.92 Å². The van der Waals surface area contributed by atoms with Crippen LogP contribution in [0.1, 0.15) is 21.5 Å². The van der Waals surface area contributed by atoms with Gasteiger partial charge in [-0.1, -0.05) is 24.3 Å². The molecule has 0 aliphatic carbocycles. The minimum atomic E-state index is -0.0930. The lowest BCUT2D eigenvalue weighted by atomic mass is 10.1. The van der Waals surface area contributed by atoms with Crippen molar-refractivity contribution in [3.05, 3.63) is 89.5 Å². The Bertz CT molecular complexity index is 1460. The van der Waals surface area contributed by atoms with Crippen LogP contribution in [0.15, 0.2) is 82.4 Å². The maximum absolute atomic E-state index is 12.7. The Morgan fingerprint density at radius 1 is 0.969 bits per heavy atom. The molecule has 0 saturated carbocycles. The lowest BCUT2D eigenvalue weighted by Crippen LogP contribution is -2.14. The van der Waals surface area contributed by atoms with E-state index in [1.807, 2.05) is 48.5 Å². The average Bonchev–Trinajstić information content (AvgIpc) is 3.40. The quantitative estimate of drug-likeness (QED) is 0.308. The average molecular weight is 438 g/mol. The number of hydrogen-bond acceptors (Lipinski definition) is 6. The SMILES string of the molecule is Cc1ccc2cc3c(nc2c1)N(c1ccc(C(=O)Sc2nc4ccccc4o2)cc1)CC3. The maximum atomic E-state index is 12.7. The van der Waals surface area contributed by atoms with E-state index < -0.39 is 0 Å². The second kappa shape index (κ2) is 7.50. The number of para-hydroxylation sites is 2. The van der Waals surface area contributed by atoms with Crippen LogP contribution in [-0.4, -0.2) is 21.6 Å². The highest BCUT2D eigenvalue weighted by Crippen LogP contribution is 2.35. The van der Waals surface area contributed by atoms with Crippen LogP contribution in [0.4, 0.5) is 11.5 Å². The molecule has 0 saturated heterocycles. The first-order valence-electron chi connectivity index (χ1n) is 10.5. The molecule has 6 heteroatoms. The Morgan fingerprint density at radius 2 is 1.81 bits per heavy atom. The van der Waals surface area contributed by atoms with Crippen LogP contribution in [0.3, 0.4) is 0 Å². The van der Waals surface area contributed by atoms with Crippen LogP contribution < -0.4 is 4.90 Å².